The largest absolute Gasteiger partial charge is 0.481 e. The van der Waals surface area contributed by atoms with E-state index in [1.807, 2.05) is 42.5 Å². The number of anilines is 1. The van der Waals surface area contributed by atoms with E-state index < -0.39 is 11.4 Å². The number of hydrogen-bond donors (Lipinski definition) is 2. The van der Waals surface area contributed by atoms with Crippen molar-refractivity contribution in [2.24, 2.45) is 0 Å². The van der Waals surface area contributed by atoms with Gasteiger partial charge in [0.1, 0.15) is 11.6 Å². The van der Waals surface area contributed by atoms with E-state index in [4.69, 9.17) is 4.74 Å². The highest BCUT2D eigenvalue weighted by atomic mass is 16.5. The lowest BCUT2D eigenvalue weighted by atomic mass is 9.76. The van der Waals surface area contributed by atoms with Crippen LogP contribution in [-0.2, 0) is 16.8 Å². The molecule has 1 atom stereocenters. The molecule has 0 aliphatic carbocycles. The number of ether oxygens (including phenoxy) is 1. The van der Waals surface area contributed by atoms with Gasteiger partial charge in [0, 0.05) is 24.4 Å². The molecule has 2 heterocycles. The van der Waals surface area contributed by atoms with Crippen LogP contribution in [0.3, 0.4) is 0 Å². The normalized spacial score (nSPS) is 12.2. The summed E-state index contributed by atoms with van der Waals surface area (Å²) in [6.45, 7) is 2.39. The Hall–Kier alpha value is -4.77. The molecule has 4 rings (SSSR count). The van der Waals surface area contributed by atoms with Gasteiger partial charge in [-0.15, -0.1) is 0 Å². The minimum atomic E-state index is -0.985. The molecule has 8 heteroatoms. The number of pyridine rings is 1. The van der Waals surface area contributed by atoms with Gasteiger partial charge in [0.15, 0.2) is 0 Å². The van der Waals surface area contributed by atoms with Crippen molar-refractivity contribution in [1.82, 2.24) is 15.0 Å². The number of nitriles is 1. The van der Waals surface area contributed by atoms with Gasteiger partial charge in [-0.2, -0.15) is 10.2 Å². The van der Waals surface area contributed by atoms with Gasteiger partial charge >= 0.3 is 12.0 Å². The Kier molecular flexibility index (Phi) is 6.98. The van der Waals surface area contributed by atoms with Crippen LogP contribution >= 0.6 is 0 Å². The Morgan fingerprint density at radius 3 is 2.60 bits per heavy atom. The van der Waals surface area contributed by atoms with E-state index in [0.29, 0.717) is 29.1 Å². The van der Waals surface area contributed by atoms with Gasteiger partial charge < -0.3 is 15.2 Å². The molecule has 1 unspecified atom stereocenters. The fourth-order valence-electron chi connectivity index (χ4n) is 3.71. The number of carboxylic acids is 1. The average Bonchev–Trinajstić information content (AvgIpc) is 2.88. The summed E-state index contributed by atoms with van der Waals surface area (Å²) in [5.41, 5.74) is 1.66. The van der Waals surface area contributed by atoms with Crippen molar-refractivity contribution in [1.29, 1.82) is 5.26 Å². The van der Waals surface area contributed by atoms with Gasteiger partial charge in [-0.05, 0) is 60.5 Å². The van der Waals surface area contributed by atoms with E-state index in [1.54, 1.807) is 43.5 Å². The Morgan fingerprint density at radius 2 is 1.89 bits per heavy atom. The standard InChI is InChI=1S/C27H23N5O3/c1-27(16-25(33)34,21-6-4-5-20(15-21)17-28)23-12-14-30-26(32-23)35-22-10-8-19(9-11-22)18-31-24-7-2-3-13-29-24/h2-15H,16,18H2,1H3,(H,29,31)(H,33,34). The number of aromatic nitrogens is 3. The maximum atomic E-state index is 11.7. The summed E-state index contributed by atoms with van der Waals surface area (Å²) in [7, 11) is 0. The van der Waals surface area contributed by atoms with Gasteiger partial charge in [0.25, 0.3) is 0 Å². The van der Waals surface area contributed by atoms with Crippen LogP contribution in [0.4, 0.5) is 5.82 Å². The van der Waals surface area contributed by atoms with E-state index in [9.17, 15) is 15.2 Å². The average molecular weight is 466 g/mol. The predicted octanol–water partition coefficient (Wildman–Crippen LogP) is 4.93. The van der Waals surface area contributed by atoms with Crippen LogP contribution in [-0.4, -0.2) is 26.0 Å². The summed E-state index contributed by atoms with van der Waals surface area (Å²) >= 11 is 0. The highest BCUT2D eigenvalue weighted by molar-refractivity contribution is 5.70. The number of carboxylic acid groups (broad SMARTS) is 1. The van der Waals surface area contributed by atoms with Crippen LogP contribution in [0.25, 0.3) is 0 Å². The molecule has 0 saturated carbocycles. The second-order valence-electron chi connectivity index (χ2n) is 8.13. The minimum absolute atomic E-state index is 0.106. The van der Waals surface area contributed by atoms with Crippen LogP contribution in [0.2, 0.25) is 0 Å². The molecule has 2 aromatic carbocycles. The molecule has 2 N–H and O–H groups in total. The molecular formula is C27H23N5O3. The van der Waals surface area contributed by atoms with Crippen molar-refractivity contribution in [2.45, 2.75) is 25.3 Å². The highest BCUT2D eigenvalue weighted by Gasteiger charge is 2.34. The minimum Gasteiger partial charge on any atom is -0.481 e. The van der Waals surface area contributed by atoms with Crippen molar-refractivity contribution in [3.8, 4) is 17.8 Å². The van der Waals surface area contributed by atoms with Gasteiger partial charge in [-0.25, -0.2) is 9.97 Å². The molecule has 8 nitrogen and oxygen atoms in total. The van der Waals surface area contributed by atoms with Gasteiger partial charge in [-0.1, -0.05) is 30.3 Å². The third kappa shape index (κ3) is 5.78. The summed E-state index contributed by atoms with van der Waals surface area (Å²) in [5, 5.41) is 22.1. The molecular weight excluding hydrogens is 442 g/mol. The topological polar surface area (TPSA) is 121 Å². The van der Waals surface area contributed by atoms with Crippen LogP contribution in [0.15, 0.2) is 85.2 Å². The lowest BCUT2D eigenvalue weighted by Gasteiger charge is -2.28. The maximum Gasteiger partial charge on any atom is 0.322 e. The van der Waals surface area contributed by atoms with Gasteiger partial charge in [0.2, 0.25) is 0 Å². The second-order valence-corrected chi connectivity index (χ2v) is 8.13. The lowest BCUT2D eigenvalue weighted by molar-refractivity contribution is -0.138. The Labute approximate surface area is 202 Å². The first-order valence-corrected chi connectivity index (χ1v) is 10.9. The SMILES string of the molecule is CC(CC(=O)O)(c1cccc(C#N)c1)c1ccnc(Oc2ccc(CNc3ccccn3)cc2)n1. The summed E-state index contributed by atoms with van der Waals surface area (Å²) in [6.07, 6.45) is 3.06. The first kappa shape index (κ1) is 23.4. The molecule has 0 saturated heterocycles. The highest BCUT2D eigenvalue weighted by Crippen LogP contribution is 2.35. The number of aliphatic carboxylic acids is 1. The molecule has 0 amide bonds. The fraction of sp³-hybridized carbons (Fsp3) is 0.148. The van der Waals surface area contributed by atoms with E-state index in [0.717, 1.165) is 11.4 Å². The molecule has 0 aliphatic heterocycles. The summed E-state index contributed by atoms with van der Waals surface area (Å²) < 4.78 is 5.86. The first-order valence-electron chi connectivity index (χ1n) is 10.9. The molecule has 0 bridgehead atoms. The second kappa shape index (κ2) is 10.4. The van der Waals surface area contributed by atoms with Crippen LogP contribution in [0, 0.1) is 11.3 Å². The molecule has 35 heavy (non-hydrogen) atoms. The quantitative estimate of drug-likeness (QED) is 0.357. The Balaban J connectivity index is 1.53. The van der Waals surface area contributed by atoms with Gasteiger partial charge in [0.05, 0.1) is 23.7 Å². The number of nitrogens with one attached hydrogen (secondary N) is 1. The monoisotopic (exact) mass is 465 g/mol. The third-order valence-corrected chi connectivity index (χ3v) is 5.60. The number of nitrogens with zero attached hydrogens (tertiary/aromatic N) is 4. The van der Waals surface area contributed by atoms with E-state index in [2.05, 4.69) is 26.3 Å². The van der Waals surface area contributed by atoms with Crippen LogP contribution in [0.5, 0.6) is 11.8 Å². The van der Waals surface area contributed by atoms with Crippen molar-refractivity contribution >= 4 is 11.8 Å². The molecule has 0 fully saturated rings. The Morgan fingerprint density at radius 1 is 1.06 bits per heavy atom. The summed E-state index contributed by atoms with van der Waals surface area (Å²) in [6, 6.07) is 23.9. The first-order chi connectivity index (χ1) is 17.0. The molecule has 4 aromatic rings. The van der Waals surface area contributed by atoms with E-state index >= 15 is 0 Å². The number of rotatable bonds is 9. The molecule has 174 valence electrons. The van der Waals surface area contributed by atoms with Crippen molar-refractivity contribution < 1.29 is 14.6 Å². The summed E-state index contributed by atoms with van der Waals surface area (Å²) in [5.74, 6) is 0.365. The molecule has 2 aromatic heterocycles. The van der Waals surface area contributed by atoms with E-state index in [-0.39, 0.29) is 12.4 Å². The number of carbonyl (C=O) groups is 1. The van der Waals surface area contributed by atoms with Gasteiger partial charge in [-0.3, -0.25) is 4.79 Å². The molecule has 0 spiro atoms. The zero-order valence-electron chi connectivity index (χ0n) is 19.0. The van der Waals surface area contributed by atoms with Crippen LogP contribution < -0.4 is 10.1 Å². The number of benzene rings is 2. The third-order valence-electron chi connectivity index (χ3n) is 5.60. The molecule has 0 aliphatic rings. The number of hydrogen-bond acceptors (Lipinski definition) is 7. The smallest absolute Gasteiger partial charge is 0.322 e. The maximum absolute atomic E-state index is 11.7. The lowest BCUT2D eigenvalue weighted by Crippen LogP contribution is -2.28. The van der Waals surface area contributed by atoms with Crippen molar-refractivity contribution in [3.05, 3.63) is 108 Å². The van der Waals surface area contributed by atoms with Crippen LogP contribution in [0.1, 0.15) is 35.7 Å². The van der Waals surface area contributed by atoms with Crippen molar-refractivity contribution in [2.75, 3.05) is 5.32 Å². The zero-order valence-corrected chi connectivity index (χ0v) is 19.0. The Bertz CT molecular complexity index is 1350. The fourth-order valence-corrected chi connectivity index (χ4v) is 3.71. The summed E-state index contributed by atoms with van der Waals surface area (Å²) in [4.78, 5) is 24.7. The predicted molar refractivity (Wildman–Crippen MR) is 130 cm³/mol. The van der Waals surface area contributed by atoms with Crippen molar-refractivity contribution in [3.63, 3.8) is 0 Å². The van der Waals surface area contributed by atoms with E-state index in [1.165, 1.54) is 6.20 Å². The zero-order chi connectivity index (χ0) is 24.7. The molecule has 0 radical (unpaired) electrons.